The van der Waals surface area contributed by atoms with Gasteiger partial charge in [-0.1, -0.05) is 24.6 Å². The third-order valence-electron chi connectivity index (χ3n) is 4.38. The van der Waals surface area contributed by atoms with Crippen molar-refractivity contribution in [1.82, 2.24) is 0 Å². The Morgan fingerprint density at radius 2 is 1.62 bits per heavy atom. The summed E-state index contributed by atoms with van der Waals surface area (Å²) < 4.78 is 5.69. The number of benzene rings is 2. The highest BCUT2D eigenvalue weighted by atomic mass is 16.5. The molecule has 5 nitrogen and oxygen atoms in total. The van der Waals surface area contributed by atoms with E-state index >= 15 is 0 Å². The van der Waals surface area contributed by atoms with Crippen molar-refractivity contribution in [2.45, 2.75) is 25.7 Å². The van der Waals surface area contributed by atoms with Crippen molar-refractivity contribution in [3.63, 3.8) is 0 Å². The highest BCUT2D eigenvalue weighted by Gasteiger charge is 2.45. The van der Waals surface area contributed by atoms with Crippen molar-refractivity contribution in [1.29, 1.82) is 0 Å². The first-order valence-corrected chi connectivity index (χ1v) is 7.94. The Morgan fingerprint density at radius 1 is 1.00 bits per heavy atom. The van der Waals surface area contributed by atoms with Crippen molar-refractivity contribution in [3.8, 4) is 11.5 Å². The lowest BCUT2D eigenvalue weighted by Gasteiger charge is -2.36. The van der Waals surface area contributed by atoms with Crippen LogP contribution in [0.5, 0.6) is 11.5 Å². The molecular formula is C19H19NO4. The van der Waals surface area contributed by atoms with Crippen LogP contribution in [0.4, 0.5) is 5.69 Å². The summed E-state index contributed by atoms with van der Waals surface area (Å²) in [6, 6.07) is 16.4. The number of ether oxygens (including phenoxy) is 1. The van der Waals surface area contributed by atoms with Crippen LogP contribution in [0.15, 0.2) is 54.6 Å². The minimum Gasteiger partial charge on any atom is -0.481 e. The molecule has 0 aliphatic heterocycles. The number of carboxylic acid groups (broad SMARTS) is 1. The molecule has 3 rings (SSSR count). The fourth-order valence-electron chi connectivity index (χ4n) is 2.81. The molecule has 2 aromatic rings. The molecule has 1 fully saturated rings. The number of carbonyl (C=O) groups is 2. The van der Waals surface area contributed by atoms with E-state index in [1.807, 2.05) is 30.3 Å². The molecular weight excluding hydrogens is 306 g/mol. The molecule has 0 unspecified atom stereocenters. The second-order valence-electron chi connectivity index (χ2n) is 6.10. The number of hydrogen-bond acceptors (Lipinski definition) is 3. The molecule has 2 N–H and O–H groups in total. The molecule has 0 saturated heterocycles. The van der Waals surface area contributed by atoms with Gasteiger partial charge in [-0.3, -0.25) is 9.59 Å². The van der Waals surface area contributed by atoms with E-state index in [9.17, 15) is 14.7 Å². The number of para-hydroxylation sites is 1. The maximum absolute atomic E-state index is 12.1. The highest BCUT2D eigenvalue weighted by molar-refractivity contribution is 5.94. The molecule has 1 aliphatic carbocycles. The van der Waals surface area contributed by atoms with Crippen molar-refractivity contribution in [3.05, 3.63) is 54.6 Å². The summed E-state index contributed by atoms with van der Waals surface area (Å²) in [5.74, 6) is 0.257. The molecule has 0 spiro atoms. The van der Waals surface area contributed by atoms with E-state index in [1.165, 1.54) is 0 Å². The lowest BCUT2D eigenvalue weighted by Crippen LogP contribution is -2.41. The Hall–Kier alpha value is -2.82. The number of nitrogens with one attached hydrogen (secondary N) is 1. The molecule has 0 radical (unpaired) electrons. The van der Waals surface area contributed by atoms with Gasteiger partial charge < -0.3 is 15.2 Å². The topological polar surface area (TPSA) is 75.6 Å². The molecule has 1 aliphatic rings. The summed E-state index contributed by atoms with van der Waals surface area (Å²) in [5, 5.41) is 12.0. The lowest BCUT2D eigenvalue weighted by atomic mass is 9.66. The smallest absolute Gasteiger partial charge is 0.310 e. The number of rotatable bonds is 6. The minimum atomic E-state index is -0.879. The molecule has 124 valence electrons. The molecule has 1 amide bonds. The van der Waals surface area contributed by atoms with Gasteiger partial charge in [0.25, 0.3) is 0 Å². The average Bonchev–Trinajstić information content (AvgIpc) is 2.53. The number of anilines is 1. The Bertz CT molecular complexity index is 721. The van der Waals surface area contributed by atoms with Crippen molar-refractivity contribution in [2.75, 3.05) is 5.32 Å². The van der Waals surface area contributed by atoms with Gasteiger partial charge in [-0.2, -0.15) is 0 Å². The normalized spacial score (nSPS) is 15.2. The summed E-state index contributed by atoms with van der Waals surface area (Å²) in [6.07, 6.45) is 2.02. The first-order valence-electron chi connectivity index (χ1n) is 7.94. The molecule has 0 heterocycles. The van der Waals surface area contributed by atoms with E-state index in [0.29, 0.717) is 24.3 Å². The van der Waals surface area contributed by atoms with Gasteiger partial charge in [0.2, 0.25) is 5.91 Å². The predicted octanol–water partition coefficient (Wildman–Crippen LogP) is 4.06. The summed E-state index contributed by atoms with van der Waals surface area (Å²) in [4.78, 5) is 23.4. The summed E-state index contributed by atoms with van der Waals surface area (Å²) in [6.45, 7) is 0. The predicted molar refractivity (Wildman–Crippen MR) is 90.1 cm³/mol. The van der Waals surface area contributed by atoms with Crippen LogP contribution < -0.4 is 10.1 Å². The number of carboxylic acids is 1. The van der Waals surface area contributed by atoms with Crippen molar-refractivity contribution < 1.29 is 19.4 Å². The minimum absolute atomic E-state index is 0.0185. The van der Waals surface area contributed by atoms with Crippen LogP contribution in [0.2, 0.25) is 0 Å². The molecule has 5 heteroatoms. The average molecular weight is 325 g/mol. The van der Waals surface area contributed by atoms with E-state index in [0.717, 1.165) is 12.2 Å². The van der Waals surface area contributed by atoms with E-state index in [-0.39, 0.29) is 12.3 Å². The second-order valence-corrected chi connectivity index (χ2v) is 6.10. The fraction of sp³-hybridized carbons (Fsp3) is 0.263. The van der Waals surface area contributed by atoms with Crippen molar-refractivity contribution in [2.24, 2.45) is 5.41 Å². The molecule has 1 saturated carbocycles. The summed E-state index contributed by atoms with van der Waals surface area (Å²) in [5.41, 5.74) is -0.249. The van der Waals surface area contributed by atoms with Crippen LogP contribution in [0.1, 0.15) is 25.7 Å². The molecule has 2 aromatic carbocycles. The van der Waals surface area contributed by atoms with Gasteiger partial charge in [-0.25, -0.2) is 0 Å². The van der Waals surface area contributed by atoms with E-state index in [4.69, 9.17) is 4.74 Å². The summed E-state index contributed by atoms with van der Waals surface area (Å²) in [7, 11) is 0. The maximum atomic E-state index is 12.1. The Labute approximate surface area is 140 Å². The number of hydrogen-bond donors (Lipinski definition) is 2. The highest BCUT2D eigenvalue weighted by Crippen LogP contribution is 2.44. The van der Waals surface area contributed by atoms with Crippen LogP contribution in [0.3, 0.4) is 0 Å². The van der Waals surface area contributed by atoms with Crippen LogP contribution in [0, 0.1) is 5.41 Å². The van der Waals surface area contributed by atoms with Gasteiger partial charge in [0.15, 0.2) is 0 Å². The zero-order valence-corrected chi connectivity index (χ0v) is 13.2. The Kier molecular flexibility index (Phi) is 4.51. The van der Waals surface area contributed by atoms with Gasteiger partial charge in [0.05, 0.1) is 5.41 Å². The zero-order valence-electron chi connectivity index (χ0n) is 13.2. The SMILES string of the molecule is O=C(CC1(C(=O)O)CCC1)Nc1ccc(Oc2ccccc2)cc1. The lowest BCUT2D eigenvalue weighted by molar-refractivity contribution is -0.157. The monoisotopic (exact) mass is 325 g/mol. The first-order chi connectivity index (χ1) is 11.6. The zero-order chi connectivity index (χ0) is 17.0. The third kappa shape index (κ3) is 3.56. The van der Waals surface area contributed by atoms with E-state index in [2.05, 4.69) is 5.32 Å². The largest absolute Gasteiger partial charge is 0.481 e. The summed E-state index contributed by atoms with van der Waals surface area (Å²) >= 11 is 0. The Balaban J connectivity index is 1.58. The van der Waals surface area contributed by atoms with E-state index in [1.54, 1.807) is 24.3 Å². The van der Waals surface area contributed by atoms with Crippen LogP contribution in [0.25, 0.3) is 0 Å². The van der Waals surface area contributed by atoms with E-state index < -0.39 is 11.4 Å². The second kappa shape index (κ2) is 6.74. The number of aliphatic carboxylic acids is 1. The standard InChI is InChI=1S/C19H19NO4/c21-17(13-19(18(22)23)11-4-12-19)20-14-7-9-16(10-8-14)24-15-5-2-1-3-6-15/h1-3,5-10H,4,11-13H2,(H,20,21)(H,22,23). The molecule has 24 heavy (non-hydrogen) atoms. The Morgan fingerprint density at radius 3 is 2.17 bits per heavy atom. The maximum Gasteiger partial charge on any atom is 0.310 e. The number of carbonyl (C=O) groups excluding carboxylic acids is 1. The quantitative estimate of drug-likeness (QED) is 0.839. The van der Waals surface area contributed by atoms with Crippen LogP contribution in [-0.4, -0.2) is 17.0 Å². The van der Waals surface area contributed by atoms with Gasteiger partial charge in [0, 0.05) is 12.1 Å². The molecule has 0 bridgehead atoms. The van der Waals surface area contributed by atoms with Gasteiger partial charge in [-0.15, -0.1) is 0 Å². The first kappa shape index (κ1) is 16.1. The van der Waals surface area contributed by atoms with Crippen LogP contribution in [-0.2, 0) is 9.59 Å². The van der Waals surface area contributed by atoms with Gasteiger partial charge in [-0.05, 0) is 49.2 Å². The van der Waals surface area contributed by atoms with Gasteiger partial charge in [0.1, 0.15) is 11.5 Å². The number of amides is 1. The van der Waals surface area contributed by atoms with Crippen LogP contribution >= 0.6 is 0 Å². The molecule has 0 aromatic heterocycles. The molecule has 0 atom stereocenters. The third-order valence-corrected chi connectivity index (χ3v) is 4.38. The van der Waals surface area contributed by atoms with Crippen molar-refractivity contribution >= 4 is 17.6 Å². The van der Waals surface area contributed by atoms with Gasteiger partial charge >= 0.3 is 5.97 Å². The fourth-order valence-corrected chi connectivity index (χ4v) is 2.81.